The number of benzene rings is 1. The summed E-state index contributed by atoms with van der Waals surface area (Å²) in [4.78, 5) is 6.58. The number of nitrogens with two attached hydrogens (primary N) is 1. The number of amidine groups is 1. The van der Waals surface area contributed by atoms with Gasteiger partial charge in [0.15, 0.2) is 0 Å². The molecule has 92 valence electrons. The van der Waals surface area contributed by atoms with E-state index in [2.05, 4.69) is 9.89 Å². The molecule has 2 unspecified atom stereocenters. The molecule has 4 heteroatoms. The first kappa shape index (κ1) is 12.1. The van der Waals surface area contributed by atoms with Crippen molar-refractivity contribution in [1.82, 2.24) is 4.90 Å². The van der Waals surface area contributed by atoms with Gasteiger partial charge >= 0.3 is 0 Å². The molecule has 17 heavy (non-hydrogen) atoms. The van der Waals surface area contributed by atoms with E-state index in [0.717, 1.165) is 30.1 Å². The van der Waals surface area contributed by atoms with Crippen molar-refractivity contribution in [2.75, 3.05) is 20.1 Å². The standard InChI is InChI=1S/C13H19N3O/c1-9(14)12(17)10-5-3-4-6-11(10)13-15-7-8-16(13)2/h3-6,9,12,17H,7-8,14H2,1-2H3. The van der Waals surface area contributed by atoms with E-state index in [1.54, 1.807) is 0 Å². The summed E-state index contributed by atoms with van der Waals surface area (Å²) >= 11 is 0. The van der Waals surface area contributed by atoms with Crippen molar-refractivity contribution in [1.29, 1.82) is 0 Å². The van der Waals surface area contributed by atoms with Crippen molar-refractivity contribution in [2.24, 2.45) is 10.7 Å². The lowest BCUT2D eigenvalue weighted by Gasteiger charge is -2.21. The van der Waals surface area contributed by atoms with Gasteiger partial charge in [-0.2, -0.15) is 0 Å². The van der Waals surface area contributed by atoms with Gasteiger partial charge in [-0.3, -0.25) is 4.99 Å². The van der Waals surface area contributed by atoms with Crippen LogP contribution in [0.1, 0.15) is 24.2 Å². The lowest BCUT2D eigenvalue weighted by molar-refractivity contribution is 0.153. The van der Waals surface area contributed by atoms with Crippen molar-refractivity contribution in [3.05, 3.63) is 35.4 Å². The van der Waals surface area contributed by atoms with Crippen LogP contribution in [0.25, 0.3) is 0 Å². The Labute approximate surface area is 102 Å². The van der Waals surface area contributed by atoms with Gasteiger partial charge in [0, 0.05) is 25.2 Å². The summed E-state index contributed by atoms with van der Waals surface area (Å²) in [5, 5.41) is 10.1. The highest BCUT2D eigenvalue weighted by atomic mass is 16.3. The number of aliphatic imine (C=N–C) groups is 1. The topological polar surface area (TPSA) is 61.9 Å². The normalized spacial score (nSPS) is 19.1. The summed E-state index contributed by atoms with van der Waals surface area (Å²) in [5.74, 6) is 0.945. The van der Waals surface area contributed by atoms with Gasteiger partial charge in [-0.25, -0.2) is 0 Å². The Morgan fingerprint density at radius 2 is 2.12 bits per heavy atom. The third kappa shape index (κ3) is 2.33. The average molecular weight is 233 g/mol. The van der Waals surface area contributed by atoms with Crippen molar-refractivity contribution in [3.8, 4) is 0 Å². The molecule has 0 saturated carbocycles. The summed E-state index contributed by atoms with van der Waals surface area (Å²) in [7, 11) is 2.01. The Bertz CT molecular complexity index is 428. The maximum Gasteiger partial charge on any atom is 0.131 e. The first-order chi connectivity index (χ1) is 8.11. The van der Waals surface area contributed by atoms with E-state index in [-0.39, 0.29) is 6.04 Å². The second kappa shape index (κ2) is 4.85. The van der Waals surface area contributed by atoms with Crippen LogP contribution in [-0.2, 0) is 0 Å². The average Bonchev–Trinajstić information content (AvgIpc) is 2.74. The fourth-order valence-electron chi connectivity index (χ4n) is 2.07. The molecule has 1 heterocycles. The Hall–Kier alpha value is -1.39. The molecular weight excluding hydrogens is 214 g/mol. The maximum absolute atomic E-state index is 10.1. The van der Waals surface area contributed by atoms with E-state index in [9.17, 15) is 5.11 Å². The molecule has 0 amide bonds. The van der Waals surface area contributed by atoms with Crippen LogP contribution >= 0.6 is 0 Å². The molecule has 2 atom stereocenters. The smallest absolute Gasteiger partial charge is 0.131 e. The molecule has 1 aliphatic heterocycles. The van der Waals surface area contributed by atoms with Crippen LogP contribution in [-0.4, -0.2) is 42.0 Å². The molecule has 2 rings (SSSR count). The van der Waals surface area contributed by atoms with Gasteiger partial charge in [0.05, 0.1) is 12.6 Å². The van der Waals surface area contributed by atoms with Crippen LogP contribution < -0.4 is 5.73 Å². The zero-order chi connectivity index (χ0) is 12.4. The van der Waals surface area contributed by atoms with Crippen molar-refractivity contribution in [3.63, 3.8) is 0 Å². The number of nitrogens with zero attached hydrogens (tertiary/aromatic N) is 2. The van der Waals surface area contributed by atoms with E-state index in [1.807, 2.05) is 38.2 Å². The Balaban J connectivity index is 2.41. The Morgan fingerprint density at radius 3 is 2.71 bits per heavy atom. The third-order valence-electron chi connectivity index (χ3n) is 3.08. The SMILES string of the molecule is CC(N)C(O)c1ccccc1C1=NCCN1C. The van der Waals surface area contributed by atoms with Crippen LogP contribution in [0.3, 0.4) is 0 Å². The lowest BCUT2D eigenvalue weighted by Crippen LogP contribution is -2.29. The zero-order valence-electron chi connectivity index (χ0n) is 10.3. The van der Waals surface area contributed by atoms with Gasteiger partial charge < -0.3 is 15.7 Å². The van der Waals surface area contributed by atoms with Gasteiger partial charge in [-0.15, -0.1) is 0 Å². The quantitative estimate of drug-likeness (QED) is 0.810. The number of aliphatic hydroxyl groups excluding tert-OH is 1. The highest BCUT2D eigenvalue weighted by Gasteiger charge is 2.22. The fraction of sp³-hybridized carbons (Fsp3) is 0.462. The number of hydrogen-bond donors (Lipinski definition) is 2. The van der Waals surface area contributed by atoms with Crippen LogP contribution in [0.15, 0.2) is 29.3 Å². The summed E-state index contributed by atoms with van der Waals surface area (Å²) in [5.41, 5.74) is 7.61. The number of rotatable bonds is 3. The van der Waals surface area contributed by atoms with E-state index in [1.165, 1.54) is 0 Å². The van der Waals surface area contributed by atoms with Crippen molar-refractivity contribution < 1.29 is 5.11 Å². The monoisotopic (exact) mass is 233 g/mol. The summed E-state index contributed by atoms with van der Waals surface area (Å²) in [6, 6.07) is 7.49. The molecule has 0 spiro atoms. The molecule has 0 radical (unpaired) electrons. The van der Waals surface area contributed by atoms with Gasteiger partial charge in [0.2, 0.25) is 0 Å². The zero-order valence-corrected chi connectivity index (χ0v) is 10.3. The first-order valence-corrected chi connectivity index (χ1v) is 5.90. The molecule has 0 bridgehead atoms. The highest BCUT2D eigenvalue weighted by molar-refractivity contribution is 6.01. The van der Waals surface area contributed by atoms with E-state index >= 15 is 0 Å². The minimum Gasteiger partial charge on any atom is -0.387 e. The lowest BCUT2D eigenvalue weighted by atomic mass is 9.97. The molecule has 0 aliphatic carbocycles. The number of likely N-dealkylation sites (N-methyl/N-ethyl adjacent to an activating group) is 1. The van der Waals surface area contributed by atoms with Crippen LogP contribution in [0.4, 0.5) is 0 Å². The second-order valence-electron chi connectivity index (χ2n) is 4.52. The largest absolute Gasteiger partial charge is 0.387 e. The molecule has 0 fully saturated rings. The molecule has 1 aliphatic rings. The molecule has 1 aromatic carbocycles. The van der Waals surface area contributed by atoms with E-state index in [0.29, 0.717) is 0 Å². The maximum atomic E-state index is 10.1. The minimum absolute atomic E-state index is 0.288. The highest BCUT2D eigenvalue weighted by Crippen LogP contribution is 2.22. The fourth-order valence-corrected chi connectivity index (χ4v) is 2.07. The minimum atomic E-state index is -0.650. The summed E-state index contributed by atoms with van der Waals surface area (Å²) in [6.45, 7) is 3.55. The van der Waals surface area contributed by atoms with Gasteiger partial charge in [0.25, 0.3) is 0 Å². The number of hydrogen-bond acceptors (Lipinski definition) is 4. The van der Waals surface area contributed by atoms with E-state index in [4.69, 9.17) is 5.73 Å². The summed E-state index contributed by atoms with van der Waals surface area (Å²) in [6.07, 6.45) is -0.650. The molecule has 3 N–H and O–H groups in total. The molecule has 0 saturated heterocycles. The third-order valence-corrected chi connectivity index (χ3v) is 3.08. The number of aliphatic hydroxyl groups is 1. The van der Waals surface area contributed by atoms with Gasteiger partial charge in [-0.1, -0.05) is 24.3 Å². The molecular formula is C13H19N3O. The Kier molecular flexibility index (Phi) is 3.45. The molecule has 1 aromatic rings. The van der Waals surface area contributed by atoms with Crippen LogP contribution in [0.5, 0.6) is 0 Å². The van der Waals surface area contributed by atoms with Gasteiger partial charge in [-0.05, 0) is 12.5 Å². The molecule has 4 nitrogen and oxygen atoms in total. The summed E-state index contributed by atoms with van der Waals surface area (Å²) < 4.78 is 0. The van der Waals surface area contributed by atoms with Crippen molar-refractivity contribution in [2.45, 2.75) is 19.1 Å². The Morgan fingerprint density at radius 1 is 1.41 bits per heavy atom. The predicted octanol–water partition coefficient (Wildman–Crippen LogP) is 0.759. The van der Waals surface area contributed by atoms with Crippen molar-refractivity contribution >= 4 is 5.84 Å². The predicted molar refractivity (Wildman–Crippen MR) is 69.1 cm³/mol. The first-order valence-electron chi connectivity index (χ1n) is 5.90. The molecule has 0 aromatic heterocycles. The second-order valence-corrected chi connectivity index (χ2v) is 4.52. The van der Waals surface area contributed by atoms with E-state index < -0.39 is 6.10 Å². The van der Waals surface area contributed by atoms with Crippen LogP contribution in [0, 0.1) is 0 Å². The van der Waals surface area contributed by atoms with Gasteiger partial charge in [0.1, 0.15) is 5.84 Å². The van der Waals surface area contributed by atoms with Crippen LogP contribution in [0.2, 0.25) is 0 Å².